The second kappa shape index (κ2) is 7.76. The monoisotopic (exact) mass is 426 g/mol. The molecule has 0 saturated heterocycles. The van der Waals surface area contributed by atoms with Gasteiger partial charge in [-0.15, -0.1) is 0 Å². The summed E-state index contributed by atoms with van der Waals surface area (Å²) in [6.45, 7) is 1.23. The Morgan fingerprint density at radius 1 is 1.32 bits per heavy atom. The summed E-state index contributed by atoms with van der Waals surface area (Å²) in [4.78, 5) is 23.5. The molecular weight excluding hydrogens is 411 g/mol. The topological polar surface area (TPSA) is 102 Å². The third kappa shape index (κ3) is 4.26. The number of carbonyl (C=O) groups is 2. The number of amides is 2. The fraction of sp³-hybridized carbons (Fsp3) is 0.222. The van der Waals surface area contributed by atoms with Crippen LogP contribution in [0.15, 0.2) is 41.3 Å². The fourth-order valence-electron chi connectivity index (χ4n) is 2.63. The molecule has 0 aromatic heterocycles. The lowest BCUT2D eigenvalue weighted by molar-refractivity contribution is -0.118. The summed E-state index contributed by atoms with van der Waals surface area (Å²) in [5.41, 5.74) is 0.157. The Morgan fingerprint density at radius 2 is 2.07 bits per heavy atom. The molecule has 0 unspecified atom stereocenters. The van der Waals surface area contributed by atoms with E-state index in [0.29, 0.717) is 5.75 Å². The van der Waals surface area contributed by atoms with Gasteiger partial charge in [0.25, 0.3) is 5.91 Å². The molecule has 148 valence electrons. The molecule has 7 nitrogen and oxygen atoms in total. The summed E-state index contributed by atoms with van der Waals surface area (Å²) >= 11 is 5.66. The maximum atomic E-state index is 13.8. The minimum absolute atomic E-state index is 0.0602. The second-order valence-electron chi connectivity index (χ2n) is 6.23. The second-order valence-corrected chi connectivity index (χ2v) is 9.03. The average molecular weight is 427 g/mol. The maximum Gasteiger partial charge on any atom is 0.262 e. The molecule has 0 aliphatic carbocycles. The van der Waals surface area contributed by atoms with Gasteiger partial charge in [0.15, 0.2) is 16.4 Å². The molecule has 1 atom stereocenters. The van der Waals surface area contributed by atoms with E-state index in [1.807, 2.05) is 0 Å². The predicted octanol–water partition coefficient (Wildman–Crippen LogP) is 3.00. The lowest BCUT2D eigenvalue weighted by atomic mass is 10.2. The number of hydrogen-bond acceptors (Lipinski definition) is 5. The number of carbonyl (C=O) groups excluding carboxylic acids is 2. The Morgan fingerprint density at radius 3 is 2.79 bits per heavy atom. The first kappa shape index (κ1) is 20.1. The Balaban J connectivity index is 1.74. The van der Waals surface area contributed by atoms with Gasteiger partial charge in [-0.25, -0.2) is 12.8 Å². The lowest BCUT2D eigenvalue weighted by Crippen LogP contribution is -2.27. The van der Waals surface area contributed by atoms with Gasteiger partial charge >= 0.3 is 0 Å². The van der Waals surface area contributed by atoms with E-state index in [-0.39, 0.29) is 40.2 Å². The van der Waals surface area contributed by atoms with Gasteiger partial charge in [-0.2, -0.15) is 0 Å². The van der Waals surface area contributed by atoms with Gasteiger partial charge in [0.1, 0.15) is 11.6 Å². The van der Waals surface area contributed by atoms with Gasteiger partial charge < -0.3 is 15.4 Å². The highest BCUT2D eigenvalue weighted by atomic mass is 35.5. The molecule has 0 saturated carbocycles. The standard InChI is InChI=1S/C18H16ClFN2O5S/c1-10(6-17(23)21-14-4-2-11(19)7-13(14)20)28(25,26)12-3-5-16-15(8-12)22-18(24)9-27-16/h2-5,7-8,10H,6,9H2,1H3,(H,21,23)(H,22,24)/t10-/m0/s1. The lowest BCUT2D eigenvalue weighted by Gasteiger charge is -2.19. The van der Waals surface area contributed by atoms with E-state index in [2.05, 4.69) is 10.6 Å². The number of benzene rings is 2. The first-order valence-electron chi connectivity index (χ1n) is 8.22. The van der Waals surface area contributed by atoms with Crippen molar-refractivity contribution in [1.82, 2.24) is 0 Å². The van der Waals surface area contributed by atoms with Crippen LogP contribution in [0.3, 0.4) is 0 Å². The van der Waals surface area contributed by atoms with Crippen LogP contribution in [0.25, 0.3) is 0 Å². The van der Waals surface area contributed by atoms with Gasteiger partial charge in [0.05, 0.1) is 21.5 Å². The van der Waals surface area contributed by atoms with Crippen molar-refractivity contribution in [3.63, 3.8) is 0 Å². The minimum Gasteiger partial charge on any atom is -0.482 e. The summed E-state index contributed by atoms with van der Waals surface area (Å²) in [7, 11) is -3.88. The highest BCUT2D eigenvalue weighted by molar-refractivity contribution is 7.92. The third-order valence-corrected chi connectivity index (χ3v) is 6.49. The molecular formula is C18H16ClFN2O5S. The molecule has 2 N–H and O–H groups in total. The van der Waals surface area contributed by atoms with Crippen molar-refractivity contribution in [2.24, 2.45) is 0 Å². The van der Waals surface area contributed by atoms with Gasteiger partial charge in [-0.05, 0) is 43.3 Å². The van der Waals surface area contributed by atoms with E-state index in [4.69, 9.17) is 16.3 Å². The van der Waals surface area contributed by atoms with E-state index < -0.39 is 26.8 Å². The van der Waals surface area contributed by atoms with E-state index in [0.717, 1.165) is 6.07 Å². The molecule has 10 heteroatoms. The molecule has 0 spiro atoms. The molecule has 1 aliphatic rings. The molecule has 28 heavy (non-hydrogen) atoms. The van der Waals surface area contributed by atoms with Gasteiger partial charge in [0.2, 0.25) is 5.91 Å². The van der Waals surface area contributed by atoms with Crippen molar-refractivity contribution in [3.05, 3.63) is 47.2 Å². The first-order valence-corrected chi connectivity index (χ1v) is 10.1. The molecule has 0 radical (unpaired) electrons. The van der Waals surface area contributed by atoms with Crippen molar-refractivity contribution in [2.45, 2.75) is 23.5 Å². The fourth-order valence-corrected chi connectivity index (χ4v) is 4.17. The molecule has 3 rings (SSSR count). The van der Waals surface area contributed by atoms with Crippen LogP contribution in [0, 0.1) is 5.82 Å². The van der Waals surface area contributed by atoms with Gasteiger partial charge in [-0.3, -0.25) is 9.59 Å². The molecule has 2 aromatic carbocycles. The summed E-state index contributed by atoms with van der Waals surface area (Å²) in [6.07, 6.45) is -0.385. The number of sulfone groups is 1. The number of halogens is 2. The minimum atomic E-state index is -3.88. The van der Waals surface area contributed by atoms with Crippen molar-refractivity contribution < 1.29 is 27.1 Å². The largest absolute Gasteiger partial charge is 0.482 e. The summed E-state index contributed by atoms with van der Waals surface area (Å²) < 4.78 is 44.5. The Hall–Kier alpha value is -2.65. The maximum absolute atomic E-state index is 13.8. The number of anilines is 2. The van der Waals surface area contributed by atoms with E-state index in [1.54, 1.807) is 0 Å². The predicted molar refractivity (Wildman–Crippen MR) is 102 cm³/mol. The number of rotatable bonds is 5. The van der Waals surface area contributed by atoms with E-state index >= 15 is 0 Å². The smallest absolute Gasteiger partial charge is 0.262 e. The van der Waals surface area contributed by atoms with Crippen molar-refractivity contribution in [1.29, 1.82) is 0 Å². The Bertz CT molecular complexity index is 1060. The van der Waals surface area contributed by atoms with Crippen molar-refractivity contribution >= 4 is 44.6 Å². The summed E-state index contributed by atoms with van der Waals surface area (Å²) in [6, 6.07) is 7.82. The Labute approximate surface area is 165 Å². The van der Waals surface area contributed by atoms with Gasteiger partial charge in [0, 0.05) is 11.4 Å². The molecule has 2 amide bonds. The summed E-state index contributed by atoms with van der Waals surface area (Å²) in [5.74, 6) is -1.41. The Kier molecular flexibility index (Phi) is 5.57. The van der Waals surface area contributed by atoms with Crippen LogP contribution in [0.5, 0.6) is 5.75 Å². The first-order chi connectivity index (χ1) is 13.2. The van der Waals surface area contributed by atoms with Crippen LogP contribution in [0.4, 0.5) is 15.8 Å². The SMILES string of the molecule is C[C@@H](CC(=O)Nc1ccc(Cl)cc1F)S(=O)(=O)c1ccc2c(c1)NC(=O)CO2. The zero-order valence-electron chi connectivity index (χ0n) is 14.7. The van der Waals surface area contributed by atoms with Crippen molar-refractivity contribution in [3.8, 4) is 5.75 Å². The molecule has 2 aromatic rings. The number of hydrogen-bond donors (Lipinski definition) is 2. The van der Waals surface area contributed by atoms with Crippen LogP contribution < -0.4 is 15.4 Å². The van der Waals surface area contributed by atoms with E-state index in [9.17, 15) is 22.4 Å². The normalized spacial score (nSPS) is 14.5. The average Bonchev–Trinajstić information content (AvgIpc) is 2.63. The molecule has 0 bridgehead atoms. The van der Waals surface area contributed by atoms with E-state index in [1.165, 1.54) is 37.3 Å². The number of nitrogens with one attached hydrogen (secondary N) is 2. The van der Waals surface area contributed by atoms with Crippen LogP contribution in [0.1, 0.15) is 13.3 Å². The quantitative estimate of drug-likeness (QED) is 0.765. The third-order valence-electron chi connectivity index (χ3n) is 4.12. The van der Waals surface area contributed by atoms with Crippen LogP contribution in [-0.4, -0.2) is 32.1 Å². The molecule has 1 aliphatic heterocycles. The zero-order chi connectivity index (χ0) is 20.5. The van der Waals surface area contributed by atoms with Crippen molar-refractivity contribution in [2.75, 3.05) is 17.2 Å². The number of ether oxygens (including phenoxy) is 1. The van der Waals surface area contributed by atoms with Gasteiger partial charge in [-0.1, -0.05) is 11.6 Å². The summed E-state index contributed by atoms with van der Waals surface area (Å²) in [5, 5.41) is 3.96. The van der Waals surface area contributed by atoms with Crippen LogP contribution in [-0.2, 0) is 19.4 Å². The highest BCUT2D eigenvalue weighted by Gasteiger charge is 2.28. The van der Waals surface area contributed by atoms with Crippen LogP contribution >= 0.6 is 11.6 Å². The molecule has 0 fully saturated rings. The molecule has 1 heterocycles. The zero-order valence-corrected chi connectivity index (χ0v) is 16.2. The highest BCUT2D eigenvalue weighted by Crippen LogP contribution is 2.31. The number of fused-ring (bicyclic) bond motifs is 1. The van der Waals surface area contributed by atoms with Crippen LogP contribution in [0.2, 0.25) is 5.02 Å².